The highest BCUT2D eigenvalue weighted by molar-refractivity contribution is 6.02. The summed E-state index contributed by atoms with van der Waals surface area (Å²) in [5, 5.41) is 6.74. The van der Waals surface area contributed by atoms with Crippen LogP contribution in [-0.4, -0.2) is 20.3 Å². The largest absolute Gasteiger partial charge is 0.321 e. The highest BCUT2D eigenvalue weighted by Crippen LogP contribution is 2.19. The molecule has 25 heavy (non-hydrogen) atoms. The van der Waals surface area contributed by atoms with E-state index in [0.717, 1.165) is 6.42 Å². The molecule has 0 spiro atoms. The summed E-state index contributed by atoms with van der Waals surface area (Å²) in [5.74, 6) is -0.862. The van der Waals surface area contributed by atoms with Crippen molar-refractivity contribution in [2.24, 2.45) is 0 Å². The molecule has 2 heterocycles. The molecule has 0 atom stereocenters. The van der Waals surface area contributed by atoms with Gasteiger partial charge in [0.05, 0.1) is 5.69 Å². The fourth-order valence-corrected chi connectivity index (χ4v) is 2.42. The van der Waals surface area contributed by atoms with Crippen molar-refractivity contribution in [1.82, 2.24) is 14.3 Å². The molecule has 0 bridgehead atoms. The van der Waals surface area contributed by atoms with E-state index < -0.39 is 11.7 Å². The van der Waals surface area contributed by atoms with Crippen molar-refractivity contribution in [2.45, 2.75) is 19.9 Å². The maximum atomic E-state index is 14.0. The zero-order chi connectivity index (χ0) is 17.8. The predicted octanol–water partition coefficient (Wildman–Crippen LogP) is 2.84. The number of carbonyl (C=O) groups is 1. The fourth-order valence-electron chi connectivity index (χ4n) is 2.42. The zero-order valence-corrected chi connectivity index (χ0v) is 13.6. The number of benzene rings is 1. The molecule has 0 aliphatic rings. The molecular weight excluding hydrogens is 323 g/mol. The lowest BCUT2D eigenvalue weighted by molar-refractivity contribution is 0.101. The third-order valence-electron chi connectivity index (χ3n) is 3.62. The Labute approximate surface area is 143 Å². The summed E-state index contributed by atoms with van der Waals surface area (Å²) in [6, 6.07) is 10.6. The van der Waals surface area contributed by atoms with Crippen molar-refractivity contribution < 1.29 is 9.18 Å². The molecule has 1 N–H and O–H groups in total. The molecule has 0 saturated heterocycles. The summed E-state index contributed by atoms with van der Waals surface area (Å²) in [7, 11) is 0. The molecule has 0 aliphatic heterocycles. The number of rotatable bonds is 5. The topological polar surface area (TPSA) is 68.9 Å². The first-order chi connectivity index (χ1) is 12.1. The average molecular weight is 340 g/mol. The lowest BCUT2D eigenvalue weighted by Crippen LogP contribution is -2.26. The number of hydrogen-bond acceptors (Lipinski definition) is 3. The number of nitrogens with zero attached hydrogens (tertiary/aromatic N) is 3. The van der Waals surface area contributed by atoms with E-state index >= 15 is 0 Å². The minimum Gasteiger partial charge on any atom is -0.321 e. The minimum atomic E-state index is -0.463. The quantitative estimate of drug-likeness (QED) is 0.776. The van der Waals surface area contributed by atoms with Crippen LogP contribution in [0.3, 0.4) is 0 Å². The van der Waals surface area contributed by atoms with Crippen molar-refractivity contribution in [1.29, 1.82) is 0 Å². The van der Waals surface area contributed by atoms with Gasteiger partial charge >= 0.3 is 0 Å². The van der Waals surface area contributed by atoms with Gasteiger partial charge in [-0.3, -0.25) is 9.59 Å². The molecular formula is C18H17FN4O2. The van der Waals surface area contributed by atoms with Crippen LogP contribution in [0.5, 0.6) is 0 Å². The van der Waals surface area contributed by atoms with Crippen LogP contribution in [0.15, 0.2) is 59.7 Å². The van der Waals surface area contributed by atoms with Crippen molar-refractivity contribution in [3.63, 3.8) is 0 Å². The maximum absolute atomic E-state index is 14.0. The summed E-state index contributed by atoms with van der Waals surface area (Å²) >= 11 is 0. The van der Waals surface area contributed by atoms with Gasteiger partial charge in [0.2, 0.25) is 0 Å². The van der Waals surface area contributed by atoms with Crippen LogP contribution in [0.1, 0.15) is 23.8 Å². The summed E-state index contributed by atoms with van der Waals surface area (Å²) < 4.78 is 16.9. The second kappa shape index (κ2) is 7.12. The number of carbonyl (C=O) groups excluding carboxylic acids is 1. The van der Waals surface area contributed by atoms with E-state index in [2.05, 4.69) is 10.4 Å². The Kier molecular flexibility index (Phi) is 4.74. The number of hydrogen-bond donors (Lipinski definition) is 1. The van der Waals surface area contributed by atoms with Crippen LogP contribution in [-0.2, 0) is 6.54 Å². The standard InChI is InChI=1S/C18H17FN4O2/c1-2-9-23-17(24)8-7-15(21-23)18(25)20-13-5-6-14(19)16(12-13)22-10-3-4-11-22/h3-8,10-12H,2,9H2,1H3,(H,20,25). The van der Waals surface area contributed by atoms with Crippen LogP contribution in [0.4, 0.5) is 10.1 Å². The van der Waals surface area contributed by atoms with E-state index in [4.69, 9.17) is 0 Å². The number of nitrogens with one attached hydrogen (secondary N) is 1. The number of amides is 1. The molecule has 0 aliphatic carbocycles. The second-order valence-corrected chi connectivity index (χ2v) is 5.49. The van der Waals surface area contributed by atoms with E-state index in [0.29, 0.717) is 17.9 Å². The van der Waals surface area contributed by atoms with Gasteiger partial charge in [0.25, 0.3) is 11.5 Å². The van der Waals surface area contributed by atoms with E-state index in [-0.39, 0.29) is 11.3 Å². The Morgan fingerprint density at radius 2 is 1.96 bits per heavy atom. The van der Waals surface area contributed by atoms with Gasteiger partial charge in [-0.2, -0.15) is 5.10 Å². The molecule has 1 aromatic carbocycles. The average Bonchev–Trinajstić information content (AvgIpc) is 3.13. The molecule has 0 radical (unpaired) electrons. The summed E-state index contributed by atoms with van der Waals surface area (Å²) in [4.78, 5) is 24.1. The third-order valence-corrected chi connectivity index (χ3v) is 3.62. The van der Waals surface area contributed by atoms with E-state index in [1.165, 1.54) is 35.0 Å². The number of anilines is 1. The van der Waals surface area contributed by atoms with Crippen molar-refractivity contribution in [2.75, 3.05) is 5.32 Å². The van der Waals surface area contributed by atoms with E-state index in [1.807, 2.05) is 6.92 Å². The molecule has 7 heteroatoms. The number of aryl methyl sites for hydroxylation is 1. The molecule has 0 saturated carbocycles. The Bertz CT molecular complexity index is 948. The van der Waals surface area contributed by atoms with E-state index in [9.17, 15) is 14.0 Å². The van der Waals surface area contributed by atoms with Gasteiger partial charge in [-0.05, 0) is 42.8 Å². The fraction of sp³-hybridized carbons (Fsp3) is 0.167. The van der Waals surface area contributed by atoms with Gasteiger partial charge in [-0.25, -0.2) is 9.07 Å². The molecule has 0 unspecified atom stereocenters. The van der Waals surface area contributed by atoms with Gasteiger partial charge < -0.3 is 9.88 Å². The van der Waals surface area contributed by atoms with Crippen LogP contribution in [0.25, 0.3) is 5.69 Å². The van der Waals surface area contributed by atoms with E-state index in [1.54, 1.807) is 29.1 Å². The molecule has 3 rings (SSSR count). The monoisotopic (exact) mass is 340 g/mol. The molecule has 1 amide bonds. The van der Waals surface area contributed by atoms with Crippen molar-refractivity contribution in [3.8, 4) is 5.69 Å². The van der Waals surface area contributed by atoms with Gasteiger partial charge in [0.15, 0.2) is 0 Å². The Morgan fingerprint density at radius 1 is 1.20 bits per heavy atom. The lowest BCUT2D eigenvalue weighted by Gasteiger charge is -2.10. The molecule has 3 aromatic rings. The maximum Gasteiger partial charge on any atom is 0.276 e. The molecule has 0 fully saturated rings. The molecule has 128 valence electrons. The van der Waals surface area contributed by atoms with Crippen LogP contribution < -0.4 is 10.9 Å². The zero-order valence-electron chi connectivity index (χ0n) is 13.6. The number of halogens is 1. The SMILES string of the molecule is CCCn1nc(C(=O)Nc2ccc(F)c(-n3cccc3)c2)ccc1=O. The highest BCUT2D eigenvalue weighted by Gasteiger charge is 2.12. The predicted molar refractivity (Wildman–Crippen MR) is 92.5 cm³/mol. The summed E-state index contributed by atoms with van der Waals surface area (Å²) in [6.07, 6.45) is 4.16. The summed E-state index contributed by atoms with van der Waals surface area (Å²) in [6.45, 7) is 2.36. The Hall–Kier alpha value is -3.22. The molecule has 6 nitrogen and oxygen atoms in total. The van der Waals surface area contributed by atoms with Gasteiger partial charge in [-0.15, -0.1) is 0 Å². The van der Waals surface area contributed by atoms with Crippen LogP contribution in [0, 0.1) is 5.82 Å². The Morgan fingerprint density at radius 3 is 2.68 bits per heavy atom. The van der Waals surface area contributed by atoms with Gasteiger partial charge in [0, 0.05) is 30.7 Å². The van der Waals surface area contributed by atoms with Crippen LogP contribution >= 0.6 is 0 Å². The normalized spacial score (nSPS) is 10.6. The van der Waals surface area contributed by atoms with Gasteiger partial charge in [-0.1, -0.05) is 6.92 Å². The second-order valence-electron chi connectivity index (χ2n) is 5.49. The van der Waals surface area contributed by atoms with Crippen molar-refractivity contribution >= 4 is 11.6 Å². The van der Waals surface area contributed by atoms with Crippen LogP contribution in [0.2, 0.25) is 0 Å². The van der Waals surface area contributed by atoms with Crippen molar-refractivity contribution in [3.05, 3.63) is 76.7 Å². The lowest BCUT2D eigenvalue weighted by atomic mass is 10.2. The number of aromatic nitrogens is 3. The van der Waals surface area contributed by atoms with Gasteiger partial charge in [0.1, 0.15) is 11.5 Å². The first-order valence-electron chi connectivity index (χ1n) is 7.91. The molecule has 2 aromatic heterocycles. The first-order valence-corrected chi connectivity index (χ1v) is 7.91. The summed E-state index contributed by atoms with van der Waals surface area (Å²) in [5.41, 5.74) is 0.631. The highest BCUT2D eigenvalue weighted by atomic mass is 19.1. The smallest absolute Gasteiger partial charge is 0.276 e. The first kappa shape index (κ1) is 16.6. The Balaban J connectivity index is 1.85. The minimum absolute atomic E-state index is 0.125. The third kappa shape index (κ3) is 3.65.